The second kappa shape index (κ2) is 4.14. The molecule has 3 aromatic heterocycles. The lowest BCUT2D eigenvalue weighted by Gasteiger charge is -2.04. The van der Waals surface area contributed by atoms with Crippen molar-refractivity contribution in [1.29, 1.82) is 0 Å². The summed E-state index contributed by atoms with van der Waals surface area (Å²) in [5.74, 6) is 0.878. The average molecular weight is 245 g/mol. The van der Waals surface area contributed by atoms with E-state index in [-0.39, 0.29) is 0 Å². The molecule has 0 radical (unpaired) electrons. The van der Waals surface area contributed by atoms with Gasteiger partial charge in [0.25, 0.3) is 0 Å². The summed E-state index contributed by atoms with van der Waals surface area (Å²) in [4.78, 5) is 8.56. The number of anilines is 1. The maximum absolute atomic E-state index is 4.29. The van der Waals surface area contributed by atoms with Gasteiger partial charge in [0.05, 0.1) is 22.5 Å². The van der Waals surface area contributed by atoms with Crippen molar-refractivity contribution >= 4 is 27.4 Å². The Balaban J connectivity index is 1.90. The van der Waals surface area contributed by atoms with Crippen LogP contribution in [0.25, 0.3) is 10.2 Å². The first-order chi connectivity index (χ1) is 8.34. The van der Waals surface area contributed by atoms with E-state index in [1.807, 2.05) is 6.07 Å². The SMILES string of the molecule is Cc1csc2c(NCc3ccn[nH]3)ncnc12. The Kier molecular flexibility index (Phi) is 2.49. The molecule has 0 atom stereocenters. The molecule has 86 valence electrons. The maximum Gasteiger partial charge on any atom is 0.147 e. The minimum atomic E-state index is 0.684. The van der Waals surface area contributed by atoms with Crippen LogP contribution in [0.2, 0.25) is 0 Å². The van der Waals surface area contributed by atoms with E-state index < -0.39 is 0 Å². The molecule has 6 heteroatoms. The molecule has 3 heterocycles. The largest absolute Gasteiger partial charge is 0.363 e. The van der Waals surface area contributed by atoms with Crippen LogP contribution in [0, 0.1) is 6.92 Å². The van der Waals surface area contributed by atoms with Crippen molar-refractivity contribution in [3.63, 3.8) is 0 Å². The number of aryl methyl sites for hydroxylation is 1. The molecule has 0 bridgehead atoms. The van der Waals surface area contributed by atoms with Crippen molar-refractivity contribution in [2.24, 2.45) is 0 Å². The normalized spacial score (nSPS) is 10.9. The van der Waals surface area contributed by atoms with Crippen molar-refractivity contribution < 1.29 is 0 Å². The molecule has 0 amide bonds. The summed E-state index contributed by atoms with van der Waals surface area (Å²) in [6.45, 7) is 2.74. The quantitative estimate of drug-likeness (QED) is 0.743. The molecule has 0 unspecified atom stereocenters. The fraction of sp³-hybridized carbons (Fsp3) is 0.182. The predicted molar refractivity (Wildman–Crippen MR) is 68.1 cm³/mol. The molecule has 3 aromatic rings. The van der Waals surface area contributed by atoms with Crippen molar-refractivity contribution in [3.8, 4) is 0 Å². The summed E-state index contributed by atoms with van der Waals surface area (Å²) in [5.41, 5.74) is 3.25. The van der Waals surface area contributed by atoms with Crippen LogP contribution in [0.5, 0.6) is 0 Å². The first kappa shape index (κ1) is 10.2. The zero-order chi connectivity index (χ0) is 11.7. The molecule has 5 nitrogen and oxygen atoms in total. The number of hydrogen-bond acceptors (Lipinski definition) is 5. The van der Waals surface area contributed by atoms with Gasteiger partial charge in [-0.1, -0.05) is 0 Å². The second-order valence-electron chi connectivity index (χ2n) is 3.75. The first-order valence-electron chi connectivity index (χ1n) is 5.25. The molecular formula is C11H11N5S. The van der Waals surface area contributed by atoms with Crippen LogP contribution in [0.1, 0.15) is 11.3 Å². The van der Waals surface area contributed by atoms with Crippen LogP contribution in [-0.2, 0) is 6.54 Å². The number of nitrogens with zero attached hydrogens (tertiary/aromatic N) is 3. The van der Waals surface area contributed by atoms with Crippen LogP contribution >= 0.6 is 11.3 Å². The lowest BCUT2D eigenvalue weighted by Crippen LogP contribution is -2.02. The van der Waals surface area contributed by atoms with Crippen LogP contribution < -0.4 is 5.32 Å². The highest BCUT2D eigenvalue weighted by Crippen LogP contribution is 2.28. The first-order valence-corrected chi connectivity index (χ1v) is 6.13. The van der Waals surface area contributed by atoms with E-state index >= 15 is 0 Å². The third kappa shape index (κ3) is 1.87. The van der Waals surface area contributed by atoms with Crippen molar-refractivity contribution in [2.45, 2.75) is 13.5 Å². The van der Waals surface area contributed by atoms with Gasteiger partial charge in [0.15, 0.2) is 0 Å². The number of rotatable bonds is 3. The number of H-pyrrole nitrogens is 1. The number of aromatic nitrogens is 4. The van der Waals surface area contributed by atoms with Gasteiger partial charge in [-0.3, -0.25) is 5.10 Å². The summed E-state index contributed by atoms with van der Waals surface area (Å²) in [7, 11) is 0. The fourth-order valence-corrected chi connectivity index (χ4v) is 2.63. The molecule has 0 aliphatic rings. The minimum Gasteiger partial charge on any atom is -0.363 e. The monoisotopic (exact) mass is 245 g/mol. The van der Waals surface area contributed by atoms with Gasteiger partial charge >= 0.3 is 0 Å². The molecular weight excluding hydrogens is 234 g/mol. The van der Waals surface area contributed by atoms with E-state index in [4.69, 9.17) is 0 Å². The third-order valence-corrected chi connectivity index (χ3v) is 3.63. The summed E-state index contributed by atoms with van der Waals surface area (Å²) in [6.07, 6.45) is 3.33. The van der Waals surface area contributed by atoms with Crippen LogP contribution in [0.4, 0.5) is 5.82 Å². The number of fused-ring (bicyclic) bond motifs is 1. The van der Waals surface area contributed by atoms with E-state index in [0.717, 1.165) is 21.7 Å². The van der Waals surface area contributed by atoms with Crippen LogP contribution in [-0.4, -0.2) is 20.2 Å². The van der Waals surface area contributed by atoms with Gasteiger partial charge in [0.2, 0.25) is 0 Å². The molecule has 0 fully saturated rings. The lowest BCUT2D eigenvalue weighted by atomic mass is 10.3. The lowest BCUT2D eigenvalue weighted by molar-refractivity contribution is 0.975. The predicted octanol–water partition coefficient (Wildman–Crippen LogP) is 2.33. The summed E-state index contributed by atoms with van der Waals surface area (Å²) in [5, 5.41) is 12.2. The number of aromatic amines is 1. The summed E-state index contributed by atoms with van der Waals surface area (Å²) >= 11 is 1.66. The molecule has 0 saturated heterocycles. The summed E-state index contributed by atoms with van der Waals surface area (Å²) in [6, 6.07) is 1.94. The van der Waals surface area contributed by atoms with Gasteiger partial charge in [-0.2, -0.15) is 5.10 Å². The fourth-order valence-electron chi connectivity index (χ4n) is 1.66. The zero-order valence-electron chi connectivity index (χ0n) is 9.27. The van der Waals surface area contributed by atoms with Gasteiger partial charge < -0.3 is 5.32 Å². The van der Waals surface area contributed by atoms with Gasteiger partial charge in [0, 0.05) is 6.20 Å². The van der Waals surface area contributed by atoms with E-state index in [2.05, 4.69) is 37.8 Å². The molecule has 2 N–H and O–H groups in total. The van der Waals surface area contributed by atoms with E-state index in [9.17, 15) is 0 Å². The molecule has 0 saturated carbocycles. The molecule has 3 rings (SSSR count). The highest BCUT2D eigenvalue weighted by atomic mass is 32.1. The van der Waals surface area contributed by atoms with Gasteiger partial charge in [0.1, 0.15) is 12.1 Å². The molecule has 0 aliphatic heterocycles. The van der Waals surface area contributed by atoms with Gasteiger partial charge in [-0.15, -0.1) is 11.3 Å². The smallest absolute Gasteiger partial charge is 0.147 e. The molecule has 17 heavy (non-hydrogen) atoms. The van der Waals surface area contributed by atoms with Crippen molar-refractivity contribution in [2.75, 3.05) is 5.32 Å². The molecule has 0 aliphatic carbocycles. The third-order valence-electron chi connectivity index (χ3n) is 2.54. The van der Waals surface area contributed by atoms with Crippen molar-refractivity contribution in [3.05, 3.63) is 35.2 Å². The van der Waals surface area contributed by atoms with Gasteiger partial charge in [-0.05, 0) is 23.9 Å². The Hall–Kier alpha value is -1.95. The highest BCUT2D eigenvalue weighted by Gasteiger charge is 2.07. The maximum atomic E-state index is 4.29. The Bertz CT molecular complexity index is 628. The zero-order valence-corrected chi connectivity index (χ0v) is 10.1. The Morgan fingerprint density at radius 2 is 2.35 bits per heavy atom. The van der Waals surface area contributed by atoms with Crippen LogP contribution in [0.15, 0.2) is 24.0 Å². The Morgan fingerprint density at radius 1 is 1.41 bits per heavy atom. The number of hydrogen-bond donors (Lipinski definition) is 2. The topological polar surface area (TPSA) is 66.5 Å². The highest BCUT2D eigenvalue weighted by molar-refractivity contribution is 7.17. The number of nitrogens with one attached hydrogen (secondary N) is 2. The Morgan fingerprint density at radius 3 is 3.18 bits per heavy atom. The average Bonchev–Trinajstić information content (AvgIpc) is 2.97. The summed E-state index contributed by atoms with van der Waals surface area (Å²) < 4.78 is 1.10. The van der Waals surface area contributed by atoms with E-state index in [1.54, 1.807) is 23.9 Å². The van der Waals surface area contributed by atoms with Crippen molar-refractivity contribution in [1.82, 2.24) is 20.2 Å². The van der Waals surface area contributed by atoms with Crippen LogP contribution in [0.3, 0.4) is 0 Å². The number of thiophene rings is 1. The van der Waals surface area contributed by atoms with E-state index in [1.165, 1.54) is 5.56 Å². The minimum absolute atomic E-state index is 0.684. The molecule has 0 aromatic carbocycles. The van der Waals surface area contributed by atoms with Gasteiger partial charge in [-0.25, -0.2) is 9.97 Å². The molecule has 0 spiro atoms. The second-order valence-corrected chi connectivity index (χ2v) is 4.63. The Labute approximate surface area is 102 Å². The standard InChI is InChI=1S/C11H11N5S/c1-7-5-17-10-9(7)13-6-14-11(10)12-4-8-2-3-15-16-8/h2-3,5-6H,4H2,1H3,(H,15,16)(H,12,13,14). The van der Waals surface area contributed by atoms with E-state index in [0.29, 0.717) is 6.54 Å².